The minimum Gasteiger partial charge on any atom is -0.493 e. The Kier molecular flexibility index (Phi) is 3.61. The second kappa shape index (κ2) is 5.70. The van der Waals surface area contributed by atoms with Crippen LogP contribution in [0.4, 0.5) is 11.4 Å². The van der Waals surface area contributed by atoms with Crippen molar-refractivity contribution in [1.29, 1.82) is 0 Å². The third-order valence-electron chi connectivity index (χ3n) is 4.44. The molecule has 1 fully saturated rings. The van der Waals surface area contributed by atoms with E-state index >= 15 is 0 Å². The fraction of sp³-hybridized carbons (Fsp3) is 0.222. The lowest BCUT2D eigenvalue weighted by molar-refractivity contribution is -0.122. The van der Waals surface area contributed by atoms with E-state index in [0.29, 0.717) is 17.2 Å². The van der Waals surface area contributed by atoms with E-state index in [1.807, 2.05) is 24.3 Å². The number of carbonyl (C=O) groups is 2. The quantitative estimate of drug-likeness (QED) is 0.916. The molecule has 0 aromatic heterocycles. The number of para-hydroxylation sites is 1. The van der Waals surface area contributed by atoms with Crippen LogP contribution in [-0.4, -0.2) is 31.8 Å². The summed E-state index contributed by atoms with van der Waals surface area (Å²) >= 11 is 1.33. The number of methoxy groups -OCH3 is 2. The minimum atomic E-state index is -1.09. The molecule has 7 heteroatoms. The first-order valence-corrected chi connectivity index (χ1v) is 8.70. The highest BCUT2D eigenvalue weighted by Crippen LogP contribution is 2.54. The highest BCUT2D eigenvalue weighted by molar-refractivity contribution is 8.02. The lowest BCUT2D eigenvalue weighted by Gasteiger charge is -2.32. The molecule has 0 unspecified atom stereocenters. The van der Waals surface area contributed by atoms with Gasteiger partial charge in [0.15, 0.2) is 11.5 Å². The molecule has 2 heterocycles. The van der Waals surface area contributed by atoms with Crippen LogP contribution in [0.5, 0.6) is 11.5 Å². The number of fused-ring (bicyclic) bond motifs is 2. The van der Waals surface area contributed by atoms with E-state index in [1.165, 1.54) is 18.9 Å². The van der Waals surface area contributed by atoms with Crippen LogP contribution in [0, 0.1) is 0 Å². The maximum atomic E-state index is 12.9. The molecule has 128 valence electrons. The van der Waals surface area contributed by atoms with E-state index in [2.05, 4.69) is 5.32 Å². The van der Waals surface area contributed by atoms with Gasteiger partial charge >= 0.3 is 0 Å². The van der Waals surface area contributed by atoms with Crippen LogP contribution in [-0.2, 0) is 14.5 Å². The smallest absolute Gasteiger partial charge is 0.266 e. The normalized spacial score (nSPS) is 21.4. The fourth-order valence-electron chi connectivity index (χ4n) is 3.34. The van der Waals surface area contributed by atoms with Gasteiger partial charge in [0.05, 0.1) is 20.0 Å². The summed E-state index contributed by atoms with van der Waals surface area (Å²) in [7, 11) is 3.09. The van der Waals surface area contributed by atoms with Crippen molar-refractivity contribution in [3.63, 3.8) is 0 Å². The van der Waals surface area contributed by atoms with Crippen LogP contribution in [0.1, 0.15) is 5.56 Å². The average molecular weight is 356 g/mol. The van der Waals surface area contributed by atoms with Crippen molar-refractivity contribution < 1.29 is 19.1 Å². The van der Waals surface area contributed by atoms with E-state index in [9.17, 15) is 9.59 Å². The van der Waals surface area contributed by atoms with Crippen LogP contribution in [0.2, 0.25) is 0 Å². The largest absolute Gasteiger partial charge is 0.493 e. The van der Waals surface area contributed by atoms with Crippen molar-refractivity contribution in [2.45, 2.75) is 4.87 Å². The molecule has 2 amide bonds. The van der Waals surface area contributed by atoms with Gasteiger partial charge in [0, 0.05) is 23.0 Å². The summed E-state index contributed by atoms with van der Waals surface area (Å²) in [5, 5.41) is 2.89. The summed E-state index contributed by atoms with van der Waals surface area (Å²) in [6, 6.07) is 12.7. The van der Waals surface area contributed by atoms with E-state index < -0.39 is 4.87 Å². The molecule has 2 aromatic carbocycles. The average Bonchev–Trinajstić information content (AvgIpc) is 3.13. The third kappa shape index (κ3) is 2.12. The highest BCUT2D eigenvalue weighted by atomic mass is 32.2. The summed E-state index contributed by atoms with van der Waals surface area (Å²) in [6.07, 6.45) is 0. The van der Waals surface area contributed by atoms with Gasteiger partial charge in [0.25, 0.3) is 5.91 Å². The van der Waals surface area contributed by atoms with Gasteiger partial charge in [-0.2, -0.15) is 0 Å². The van der Waals surface area contributed by atoms with Crippen molar-refractivity contribution in [2.75, 3.05) is 30.2 Å². The van der Waals surface area contributed by atoms with Crippen LogP contribution in [0.15, 0.2) is 42.5 Å². The standard InChI is InChI=1S/C18H16N2O4S/c1-23-14-8-7-11(9-15(14)24-2)20-16(21)10-25-18(20)12-5-3-4-6-13(12)19-17(18)22/h3-9H,10H2,1-2H3,(H,19,22)/t18-/m0/s1. The summed E-state index contributed by atoms with van der Waals surface area (Å²) in [6.45, 7) is 0. The van der Waals surface area contributed by atoms with Crippen LogP contribution < -0.4 is 19.7 Å². The number of amides is 2. The summed E-state index contributed by atoms with van der Waals surface area (Å²) < 4.78 is 10.6. The van der Waals surface area contributed by atoms with Crippen molar-refractivity contribution in [2.24, 2.45) is 0 Å². The molecule has 2 aromatic rings. The van der Waals surface area contributed by atoms with Gasteiger partial charge in [0.1, 0.15) is 0 Å². The summed E-state index contributed by atoms with van der Waals surface area (Å²) in [4.78, 5) is 26.0. The van der Waals surface area contributed by atoms with Crippen molar-refractivity contribution in [1.82, 2.24) is 0 Å². The van der Waals surface area contributed by atoms with E-state index in [1.54, 1.807) is 30.2 Å². The van der Waals surface area contributed by atoms with E-state index in [4.69, 9.17) is 9.47 Å². The molecular formula is C18H16N2O4S. The lowest BCUT2D eigenvalue weighted by atomic mass is 10.0. The van der Waals surface area contributed by atoms with Crippen molar-refractivity contribution in [3.05, 3.63) is 48.0 Å². The number of nitrogens with zero attached hydrogens (tertiary/aromatic N) is 1. The first-order valence-electron chi connectivity index (χ1n) is 7.72. The highest BCUT2D eigenvalue weighted by Gasteiger charge is 2.58. The van der Waals surface area contributed by atoms with Gasteiger partial charge < -0.3 is 14.8 Å². The first-order chi connectivity index (χ1) is 12.1. The molecule has 1 saturated heterocycles. The van der Waals surface area contributed by atoms with Crippen molar-refractivity contribution >= 4 is 35.0 Å². The van der Waals surface area contributed by atoms with Crippen molar-refractivity contribution in [3.8, 4) is 11.5 Å². The molecular weight excluding hydrogens is 340 g/mol. The molecule has 2 aliphatic heterocycles. The Morgan fingerprint density at radius 1 is 1.08 bits per heavy atom. The Labute approximate surface area is 149 Å². The number of nitrogens with one attached hydrogen (secondary N) is 1. The van der Waals surface area contributed by atoms with Gasteiger partial charge in [-0.3, -0.25) is 14.5 Å². The zero-order valence-corrected chi connectivity index (χ0v) is 14.6. The molecule has 1 spiro atoms. The maximum Gasteiger partial charge on any atom is 0.266 e. The SMILES string of the molecule is COc1ccc(N2C(=O)CS[C@@]23C(=O)Nc2ccccc23)cc1OC. The number of rotatable bonds is 3. The number of hydrogen-bond acceptors (Lipinski definition) is 5. The molecule has 2 aliphatic rings. The van der Waals surface area contributed by atoms with E-state index in [0.717, 1.165) is 11.3 Å². The van der Waals surface area contributed by atoms with E-state index in [-0.39, 0.29) is 17.6 Å². The fourth-order valence-corrected chi connectivity index (χ4v) is 4.66. The molecule has 0 saturated carbocycles. The molecule has 0 aliphatic carbocycles. The van der Waals surface area contributed by atoms with Crippen LogP contribution >= 0.6 is 11.8 Å². The van der Waals surface area contributed by atoms with Gasteiger partial charge in [-0.05, 0) is 18.2 Å². The molecule has 1 atom stereocenters. The van der Waals surface area contributed by atoms with Gasteiger partial charge in [-0.25, -0.2) is 0 Å². The second-order valence-corrected chi connectivity index (χ2v) is 6.87. The Bertz CT molecular complexity index is 885. The Hall–Kier alpha value is -2.67. The Balaban J connectivity index is 1.89. The number of carbonyl (C=O) groups excluding carboxylic acids is 2. The minimum absolute atomic E-state index is 0.121. The second-order valence-electron chi connectivity index (χ2n) is 5.70. The van der Waals surface area contributed by atoms with Gasteiger partial charge in [-0.1, -0.05) is 18.2 Å². The number of benzene rings is 2. The number of thioether (sulfide) groups is 1. The van der Waals surface area contributed by atoms with Gasteiger partial charge in [0.2, 0.25) is 10.8 Å². The van der Waals surface area contributed by atoms with Crippen LogP contribution in [0.3, 0.4) is 0 Å². The zero-order chi connectivity index (χ0) is 17.6. The third-order valence-corrected chi connectivity index (χ3v) is 5.84. The number of anilines is 2. The topological polar surface area (TPSA) is 67.9 Å². The molecule has 25 heavy (non-hydrogen) atoms. The maximum absolute atomic E-state index is 12.9. The Morgan fingerprint density at radius 2 is 1.84 bits per heavy atom. The summed E-state index contributed by atoms with van der Waals surface area (Å²) in [5.74, 6) is 0.974. The zero-order valence-electron chi connectivity index (χ0n) is 13.7. The lowest BCUT2D eigenvalue weighted by Crippen LogP contribution is -2.47. The number of hydrogen-bond donors (Lipinski definition) is 1. The molecule has 1 N–H and O–H groups in total. The number of ether oxygens (including phenoxy) is 2. The molecule has 0 bridgehead atoms. The molecule has 0 radical (unpaired) electrons. The molecule has 6 nitrogen and oxygen atoms in total. The monoisotopic (exact) mass is 356 g/mol. The Morgan fingerprint density at radius 3 is 2.60 bits per heavy atom. The predicted octanol–water partition coefficient (Wildman–Crippen LogP) is 2.59. The van der Waals surface area contributed by atoms with Crippen LogP contribution in [0.25, 0.3) is 0 Å². The summed E-state index contributed by atoms with van der Waals surface area (Å²) in [5.41, 5.74) is 2.13. The van der Waals surface area contributed by atoms with Gasteiger partial charge in [-0.15, -0.1) is 11.8 Å². The first kappa shape index (κ1) is 15.8. The predicted molar refractivity (Wildman–Crippen MR) is 96.2 cm³/mol. The molecule has 4 rings (SSSR count).